The van der Waals surface area contributed by atoms with Crippen LogP contribution in [0.15, 0.2) is 54.7 Å². The molecule has 3 aromatic rings. The van der Waals surface area contributed by atoms with Crippen LogP contribution >= 0.6 is 12.2 Å². The van der Waals surface area contributed by atoms with E-state index in [9.17, 15) is 0 Å². The van der Waals surface area contributed by atoms with Gasteiger partial charge in [-0.15, -0.1) is 0 Å². The van der Waals surface area contributed by atoms with E-state index in [2.05, 4.69) is 78.0 Å². The number of benzene rings is 1. The molecule has 166 valence electrons. The Hall–Kier alpha value is -2.66. The third-order valence-corrected chi connectivity index (χ3v) is 7.75. The van der Waals surface area contributed by atoms with Gasteiger partial charge in [-0.05, 0) is 75.7 Å². The van der Waals surface area contributed by atoms with Gasteiger partial charge < -0.3 is 14.8 Å². The molecule has 0 spiro atoms. The van der Waals surface area contributed by atoms with Gasteiger partial charge in [0.25, 0.3) is 0 Å². The van der Waals surface area contributed by atoms with E-state index in [1.165, 1.54) is 60.3 Å². The van der Waals surface area contributed by atoms with Gasteiger partial charge in [0.1, 0.15) is 0 Å². The molecule has 1 N–H and O–H groups in total. The van der Waals surface area contributed by atoms with Crippen molar-refractivity contribution < 1.29 is 0 Å². The monoisotopic (exact) mass is 444 g/mol. The number of thiocarbonyl (C=S) groups is 1. The van der Waals surface area contributed by atoms with E-state index >= 15 is 0 Å². The number of hydrogen-bond donors (Lipinski definition) is 1. The minimum Gasteiger partial charge on any atom is -0.352 e. The molecule has 0 radical (unpaired) electrons. The van der Waals surface area contributed by atoms with Crippen molar-refractivity contribution in [3.8, 4) is 5.69 Å². The number of nitrogens with zero attached hydrogens (tertiary/aromatic N) is 3. The van der Waals surface area contributed by atoms with Crippen LogP contribution in [0.2, 0.25) is 0 Å². The first-order valence-corrected chi connectivity index (χ1v) is 12.2. The maximum atomic E-state index is 5.98. The van der Waals surface area contributed by atoms with Gasteiger partial charge in [-0.25, -0.2) is 0 Å². The highest BCUT2D eigenvalue weighted by atomic mass is 32.1. The molecule has 0 bridgehead atoms. The fourth-order valence-corrected chi connectivity index (χ4v) is 6.22. The van der Waals surface area contributed by atoms with Crippen molar-refractivity contribution in [2.45, 2.75) is 71.0 Å². The highest BCUT2D eigenvalue weighted by molar-refractivity contribution is 7.80. The van der Waals surface area contributed by atoms with Crippen molar-refractivity contribution in [1.29, 1.82) is 0 Å². The number of hydrogen-bond acceptors (Lipinski definition) is 2. The number of aromatic nitrogens is 2. The molecule has 1 saturated carbocycles. The van der Waals surface area contributed by atoms with Gasteiger partial charge in [0.2, 0.25) is 0 Å². The zero-order valence-corrected chi connectivity index (χ0v) is 20.0. The van der Waals surface area contributed by atoms with Crippen molar-refractivity contribution in [2.24, 2.45) is 0 Å². The molecule has 2 atom stereocenters. The molecule has 1 aromatic carbocycles. The number of para-hydroxylation sites is 1. The van der Waals surface area contributed by atoms with Crippen LogP contribution in [0.1, 0.15) is 72.4 Å². The van der Waals surface area contributed by atoms with Gasteiger partial charge >= 0.3 is 0 Å². The molecule has 1 saturated heterocycles. The summed E-state index contributed by atoms with van der Waals surface area (Å²) in [5, 5.41) is 4.55. The second-order valence-corrected chi connectivity index (χ2v) is 9.59. The van der Waals surface area contributed by atoms with E-state index in [1.54, 1.807) is 0 Å². The summed E-state index contributed by atoms with van der Waals surface area (Å²) < 4.78 is 2.40. The molecule has 1 aliphatic carbocycles. The van der Waals surface area contributed by atoms with Crippen LogP contribution in [-0.4, -0.2) is 25.6 Å². The van der Waals surface area contributed by atoms with Crippen molar-refractivity contribution in [3.63, 3.8) is 0 Å². The lowest BCUT2D eigenvalue weighted by molar-refractivity contribution is 0.196. The smallest absolute Gasteiger partial charge is 0.170 e. The second-order valence-electron chi connectivity index (χ2n) is 9.21. The third kappa shape index (κ3) is 3.53. The molecule has 32 heavy (non-hydrogen) atoms. The zero-order valence-electron chi connectivity index (χ0n) is 19.2. The van der Waals surface area contributed by atoms with E-state index in [0.717, 1.165) is 10.8 Å². The molecule has 4 nitrogen and oxygen atoms in total. The fourth-order valence-electron chi connectivity index (χ4n) is 5.83. The maximum Gasteiger partial charge on any atom is 0.170 e. The molecule has 2 aliphatic rings. The first-order valence-electron chi connectivity index (χ1n) is 11.8. The van der Waals surface area contributed by atoms with Gasteiger partial charge in [0.15, 0.2) is 5.11 Å². The van der Waals surface area contributed by atoms with Crippen molar-refractivity contribution >= 4 is 17.3 Å². The second kappa shape index (κ2) is 8.70. The van der Waals surface area contributed by atoms with Crippen LogP contribution in [0.25, 0.3) is 5.69 Å². The highest BCUT2D eigenvalue weighted by Gasteiger charge is 2.45. The summed E-state index contributed by atoms with van der Waals surface area (Å²) in [4.78, 5) is 7.27. The lowest BCUT2D eigenvalue weighted by Gasteiger charge is -2.37. The molecular weight excluding hydrogens is 412 g/mol. The van der Waals surface area contributed by atoms with Crippen LogP contribution in [0.5, 0.6) is 0 Å². The number of rotatable bonds is 4. The summed E-state index contributed by atoms with van der Waals surface area (Å²) in [6.45, 7) is 6.77. The van der Waals surface area contributed by atoms with Gasteiger partial charge in [-0.2, -0.15) is 0 Å². The summed E-state index contributed by atoms with van der Waals surface area (Å²) in [6.07, 6.45) is 8.22. The average molecular weight is 445 g/mol. The van der Waals surface area contributed by atoms with Crippen LogP contribution in [0, 0.1) is 20.8 Å². The Kier molecular flexibility index (Phi) is 5.76. The highest BCUT2D eigenvalue weighted by Crippen LogP contribution is 2.46. The summed E-state index contributed by atoms with van der Waals surface area (Å²) in [5.41, 5.74) is 7.60. The number of pyridine rings is 1. The zero-order chi connectivity index (χ0) is 22.2. The molecule has 2 fully saturated rings. The topological polar surface area (TPSA) is 33.1 Å². The Labute approximate surface area is 196 Å². The molecule has 1 aliphatic heterocycles. The first kappa shape index (κ1) is 21.2. The van der Waals surface area contributed by atoms with E-state index in [0.29, 0.717) is 6.04 Å². The lowest BCUT2D eigenvalue weighted by atomic mass is 9.89. The first-order chi connectivity index (χ1) is 15.6. The van der Waals surface area contributed by atoms with Crippen molar-refractivity contribution in [1.82, 2.24) is 19.8 Å². The Bertz CT molecular complexity index is 1100. The van der Waals surface area contributed by atoms with Crippen LogP contribution < -0.4 is 5.32 Å². The number of nitrogens with one attached hydrogen (secondary N) is 1. The van der Waals surface area contributed by atoms with Crippen LogP contribution in [0.3, 0.4) is 0 Å². The standard InChI is InChI=1S/C27H32N4S/c1-18-19(2)30(21-12-6-4-7-13-21)20(3)24(18)26-25(23-16-10-11-17-28-23)29-27(32)31(26)22-14-8-5-9-15-22/h4,6-7,10-13,16-17,22,25-26H,5,8-9,14-15H2,1-3H3,(H,29,32)/t25-,26+/m1/s1. The third-order valence-electron chi connectivity index (χ3n) is 7.42. The van der Waals surface area contributed by atoms with Crippen molar-refractivity contribution in [2.75, 3.05) is 0 Å². The Morgan fingerprint density at radius 2 is 1.62 bits per heavy atom. The Balaban J connectivity index is 1.67. The largest absolute Gasteiger partial charge is 0.352 e. The van der Waals surface area contributed by atoms with Crippen molar-refractivity contribution in [3.05, 3.63) is 82.9 Å². The quantitative estimate of drug-likeness (QED) is 0.493. The minimum atomic E-state index is 0.0500. The lowest BCUT2D eigenvalue weighted by Crippen LogP contribution is -2.40. The normalized spacial score (nSPS) is 21.7. The molecule has 5 heteroatoms. The summed E-state index contributed by atoms with van der Waals surface area (Å²) >= 11 is 5.98. The van der Waals surface area contributed by atoms with Crippen LogP contribution in [0.4, 0.5) is 0 Å². The van der Waals surface area contributed by atoms with Gasteiger partial charge in [0.05, 0.1) is 17.8 Å². The predicted octanol–water partition coefficient (Wildman–Crippen LogP) is 6.10. The predicted molar refractivity (Wildman–Crippen MR) is 134 cm³/mol. The summed E-state index contributed by atoms with van der Waals surface area (Å²) in [7, 11) is 0. The molecule has 5 rings (SSSR count). The Morgan fingerprint density at radius 3 is 2.31 bits per heavy atom. The maximum absolute atomic E-state index is 5.98. The van der Waals surface area contributed by atoms with Crippen LogP contribution in [-0.2, 0) is 0 Å². The van der Waals surface area contributed by atoms with Gasteiger partial charge in [-0.1, -0.05) is 43.5 Å². The van der Waals surface area contributed by atoms with Gasteiger partial charge in [0, 0.05) is 34.9 Å². The SMILES string of the molecule is Cc1c([C@H]2[C@@H](c3ccccn3)NC(=S)N2C2CCCCC2)c(C)n(-c2ccccc2)c1C. The molecule has 0 unspecified atom stereocenters. The van der Waals surface area contributed by atoms with E-state index in [4.69, 9.17) is 17.2 Å². The summed E-state index contributed by atoms with van der Waals surface area (Å²) in [6, 6.07) is 17.5. The fraction of sp³-hybridized carbons (Fsp3) is 0.407. The summed E-state index contributed by atoms with van der Waals surface area (Å²) in [5.74, 6) is 0. The van der Waals surface area contributed by atoms with E-state index in [-0.39, 0.29) is 12.1 Å². The molecule has 0 amide bonds. The molecule has 2 aromatic heterocycles. The van der Waals surface area contributed by atoms with E-state index < -0.39 is 0 Å². The van der Waals surface area contributed by atoms with Gasteiger partial charge in [-0.3, -0.25) is 4.98 Å². The molecule has 3 heterocycles. The Morgan fingerprint density at radius 1 is 0.906 bits per heavy atom. The average Bonchev–Trinajstić information content (AvgIpc) is 3.28. The minimum absolute atomic E-state index is 0.0500. The molecular formula is C27H32N4S. The van der Waals surface area contributed by atoms with E-state index in [1.807, 2.05) is 12.3 Å².